The van der Waals surface area contributed by atoms with Gasteiger partial charge in [0.2, 0.25) is 11.1 Å². The molecule has 2 aromatic rings. The molecule has 0 saturated carbocycles. The van der Waals surface area contributed by atoms with Gasteiger partial charge in [-0.05, 0) is 11.6 Å². The highest BCUT2D eigenvalue weighted by atomic mass is 35.5. The first-order valence-corrected chi connectivity index (χ1v) is 4.80. The van der Waals surface area contributed by atoms with Crippen LogP contribution in [0.3, 0.4) is 0 Å². The lowest BCUT2D eigenvalue weighted by Crippen LogP contribution is -2.04. The van der Waals surface area contributed by atoms with E-state index >= 15 is 0 Å². The van der Waals surface area contributed by atoms with Gasteiger partial charge in [-0.1, -0.05) is 0 Å². The van der Waals surface area contributed by atoms with Crippen LogP contribution in [0, 0.1) is 29.1 Å². The van der Waals surface area contributed by atoms with Crippen LogP contribution in [0.2, 0.25) is 5.28 Å². The Morgan fingerprint density at radius 1 is 0.722 bits per heavy atom. The number of hydrogen-bond donors (Lipinski definition) is 0. The third-order valence-electron chi connectivity index (χ3n) is 2.12. The van der Waals surface area contributed by atoms with E-state index in [1.54, 1.807) is 0 Å². The first-order valence-electron chi connectivity index (χ1n) is 4.42. The molecule has 0 aliphatic heterocycles. The van der Waals surface area contributed by atoms with Gasteiger partial charge in [0.05, 0.1) is 5.56 Å². The van der Waals surface area contributed by atoms with E-state index < -0.39 is 34.6 Å². The molecule has 0 atom stereocenters. The van der Waals surface area contributed by atoms with Crippen molar-refractivity contribution in [2.24, 2.45) is 0 Å². The second-order valence-corrected chi connectivity index (χ2v) is 3.52. The van der Waals surface area contributed by atoms with E-state index in [1.807, 2.05) is 0 Å². The standard InChI is InChI=1S/C10H2ClF5N2/c11-10-17-1-3(2-18-10)4-5(12)7(14)9(16)8(15)6(4)13/h1-2H. The van der Waals surface area contributed by atoms with Gasteiger partial charge in [0.15, 0.2) is 23.3 Å². The van der Waals surface area contributed by atoms with E-state index in [4.69, 9.17) is 11.6 Å². The Bertz CT molecular complexity index is 586. The molecule has 0 aliphatic carbocycles. The molecule has 0 bridgehead atoms. The van der Waals surface area contributed by atoms with Crippen LogP contribution in [0.4, 0.5) is 22.0 Å². The number of rotatable bonds is 1. The minimum absolute atomic E-state index is 0.220. The van der Waals surface area contributed by atoms with E-state index in [9.17, 15) is 22.0 Å². The molecule has 0 saturated heterocycles. The first-order chi connectivity index (χ1) is 8.43. The van der Waals surface area contributed by atoms with Gasteiger partial charge in [0, 0.05) is 18.0 Å². The average molecular weight is 281 g/mol. The van der Waals surface area contributed by atoms with Gasteiger partial charge in [0.25, 0.3) is 0 Å². The van der Waals surface area contributed by atoms with Crippen LogP contribution in [0.5, 0.6) is 0 Å². The number of halogens is 6. The smallest absolute Gasteiger partial charge is 0.222 e. The minimum Gasteiger partial charge on any atom is -0.226 e. The van der Waals surface area contributed by atoms with Crippen LogP contribution in [0.15, 0.2) is 12.4 Å². The molecular formula is C10H2ClF5N2. The summed E-state index contributed by atoms with van der Waals surface area (Å²) in [4.78, 5) is 6.80. The number of hydrogen-bond acceptors (Lipinski definition) is 2. The van der Waals surface area contributed by atoms with Crippen molar-refractivity contribution in [3.05, 3.63) is 46.8 Å². The molecule has 2 rings (SSSR count). The van der Waals surface area contributed by atoms with Gasteiger partial charge in [0.1, 0.15) is 0 Å². The predicted octanol–water partition coefficient (Wildman–Crippen LogP) is 3.49. The zero-order valence-electron chi connectivity index (χ0n) is 8.32. The Balaban J connectivity index is 2.75. The van der Waals surface area contributed by atoms with Crippen molar-refractivity contribution in [3.63, 3.8) is 0 Å². The number of aromatic nitrogens is 2. The van der Waals surface area contributed by atoms with Gasteiger partial charge >= 0.3 is 0 Å². The van der Waals surface area contributed by atoms with E-state index in [0.29, 0.717) is 0 Å². The molecule has 8 heteroatoms. The van der Waals surface area contributed by atoms with E-state index in [-0.39, 0.29) is 10.8 Å². The zero-order valence-corrected chi connectivity index (χ0v) is 9.07. The molecular weight excluding hydrogens is 279 g/mol. The third-order valence-corrected chi connectivity index (χ3v) is 2.31. The van der Waals surface area contributed by atoms with Crippen LogP contribution in [-0.4, -0.2) is 9.97 Å². The highest BCUT2D eigenvalue weighted by molar-refractivity contribution is 6.28. The van der Waals surface area contributed by atoms with Crippen LogP contribution < -0.4 is 0 Å². The second kappa shape index (κ2) is 4.49. The maximum atomic E-state index is 13.4. The van der Waals surface area contributed by atoms with Crippen LogP contribution >= 0.6 is 11.6 Å². The normalized spacial score (nSPS) is 10.8. The molecule has 0 unspecified atom stereocenters. The quantitative estimate of drug-likeness (QED) is 0.346. The fraction of sp³-hybridized carbons (Fsp3) is 0. The van der Waals surface area contributed by atoms with E-state index in [0.717, 1.165) is 12.4 Å². The van der Waals surface area contributed by atoms with Crippen LogP contribution in [0.25, 0.3) is 11.1 Å². The monoisotopic (exact) mass is 280 g/mol. The summed E-state index contributed by atoms with van der Waals surface area (Å²) in [5.74, 6) is -10.2. The summed E-state index contributed by atoms with van der Waals surface area (Å²) in [5.41, 5.74) is -1.46. The molecule has 0 spiro atoms. The van der Waals surface area contributed by atoms with Crippen molar-refractivity contribution in [1.29, 1.82) is 0 Å². The SMILES string of the molecule is Fc1c(F)c(F)c(-c2cnc(Cl)nc2)c(F)c1F. The van der Waals surface area contributed by atoms with Crippen molar-refractivity contribution in [2.75, 3.05) is 0 Å². The van der Waals surface area contributed by atoms with Crippen LogP contribution in [0.1, 0.15) is 0 Å². The summed E-state index contributed by atoms with van der Waals surface area (Å²) in [6, 6.07) is 0. The van der Waals surface area contributed by atoms with Crippen molar-refractivity contribution in [3.8, 4) is 11.1 Å². The van der Waals surface area contributed by atoms with Gasteiger partial charge in [-0.15, -0.1) is 0 Å². The fourth-order valence-corrected chi connectivity index (χ4v) is 1.40. The Kier molecular flexibility index (Phi) is 3.16. The van der Waals surface area contributed by atoms with Gasteiger partial charge in [-0.3, -0.25) is 0 Å². The fourth-order valence-electron chi connectivity index (χ4n) is 1.30. The Hall–Kier alpha value is -1.76. The van der Waals surface area contributed by atoms with E-state index in [2.05, 4.69) is 9.97 Å². The predicted molar refractivity (Wildman–Crippen MR) is 52.3 cm³/mol. The van der Waals surface area contributed by atoms with Crippen molar-refractivity contribution in [1.82, 2.24) is 9.97 Å². The molecule has 2 nitrogen and oxygen atoms in total. The summed E-state index contributed by atoms with van der Waals surface area (Å²) >= 11 is 5.35. The lowest BCUT2D eigenvalue weighted by Gasteiger charge is -2.07. The largest absolute Gasteiger partial charge is 0.226 e. The van der Waals surface area contributed by atoms with Gasteiger partial charge < -0.3 is 0 Å². The van der Waals surface area contributed by atoms with Crippen molar-refractivity contribution in [2.45, 2.75) is 0 Å². The minimum atomic E-state index is -2.22. The van der Waals surface area contributed by atoms with Crippen molar-refractivity contribution < 1.29 is 22.0 Å². The summed E-state index contributed by atoms with van der Waals surface area (Å²) < 4.78 is 65.4. The molecule has 0 fully saturated rings. The van der Waals surface area contributed by atoms with Crippen molar-refractivity contribution >= 4 is 11.6 Å². The topological polar surface area (TPSA) is 25.8 Å². The summed E-state index contributed by atoms with van der Waals surface area (Å²) in [5, 5.41) is -0.220. The Labute approximate surface area is 102 Å². The molecule has 1 aromatic carbocycles. The highest BCUT2D eigenvalue weighted by Crippen LogP contribution is 2.30. The second-order valence-electron chi connectivity index (χ2n) is 3.19. The zero-order chi connectivity index (χ0) is 13.4. The average Bonchev–Trinajstić information content (AvgIpc) is 2.36. The summed E-state index contributed by atoms with van der Waals surface area (Å²) in [6.45, 7) is 0. The Morgan fingerprint density at radius 2 is 1.11 bits per heavy atom. The highest BCUT2D eigenvalue weighted by Gasteiger charge is 2.26. The van der Waals surface area contributed by atoms with Gasteiger partial charge in [-0.25, -0.2) is 31.9 Å². The molecule has 94 valence electrons. The molecule has 0 N–H and O–H groups in total. The third kappa shape index (κ3) is 1.90. The summed E-state index contributed by atoms with van der Waals surface area (Å²) in [6.07, 6.45) is 1.71. The number of benzene rings is 1. The maximum Gasteiger partial charge on any atom is 0.222 e. The molecule has 1 heterocycles. The van der Waals surface area contributed by atoms with Gasteiger partial charge in [-0.2, -0.15) is 0 Å². The molecule has 0 amide bonds. The number of nitrogens with zero attached hydrogens (tertiary/aromatic N) is 2. The Morgan fingerprint density at radius 3 is 1.56 bits per heavy atom. The van der Waals surface area contributed by atoms with E-state index in [1.165, 1.54) is 0 Å². The summed E-state index contributed by atoms with van der Waals surface area (Å²) in [7, 11) is 0. The maximum absolute atomic E-state index is 13.4. The lowest BCUT2D eigenvalue weighted by molar-refractivity contribution is 0.381. The van der Waals surface area contributed by atoms with Crippen LogP contribution in [-0.2, 0) is 0 Å². The molecule has 18 heavy (non-hydrogen) atoms. The lowest BCUT2D eigenvalue weighted by atomic mass is 10.1. The first kappa shape index (κ1) is 12.7. The molecule has 0 radical (unpaired) electrons. The molecule has 0 aliphatic rings. The molecule has 1 aromatic heterocycles.